The molecule has 1 aromatic carbocycles. The number of fused-ring (bicyclic) bond motifs is 2. The van der Waals surface area contributed by atoms with Crippen molar-refractivity contribution in [2.45, 2.75) is 62.5 Å². The second-order valence-electron chi connectivity index (χ2n) is 8.47. The van der Waals surface area contributed by atoms with Crippen molar-refractivity contribution in [3.8, 4) is 11.4 Å². The highest BCUT2D eigenvalue weighted by Crippen LogP contribution is 2.49. The largest absolute Gasteiger partial charge is 0.352 e. The predicted octanol–water partition coefficient (Wildman–Crippen LogP) is 4.55. The molecule has 4 rings (SSSR count). The number of carbonyl (C=O) groups is 1. The van der Waals surface area contributed by atoms with Crippen molar-refractivity contribution >= 4 is 17.7 Å². The first-order valence-corrected chi connectivity index (χ1v) is 11.5. The summed E-state index contributed by atoms with van der Waals surface area (Å²) in [6.07, 6.45) is 7.20. The van der Waals surface area contributed by atoms with E-state index < -0.39 is 0 Å². The molecule has 2 aromatic rings. The molecule has 0 saturated heterocycles. The minimum Gasteiger partial charge on any atom is -0.352 e. The van der Waals surface area contributed by atoms with E-state index in [1.54, 1.807) is 0 Å². The van der Waals surface area contributed by atoms with E-state index in [0.717, 1.165) is 28.4 Å². The number of amides is 1. The minimum atomic E-state index is -0.229. The van der Waals surface area contributed by atoms with Gasteiger partial charge >= 0.3 is 0 Å². The molecule has 154 valence electrons. The number of hydrogen-bond acceptors (Lipinski definition) is 4. The SMILES string of the molecule is C=CCn1c(SC(C)C(=O)NC(C)C2CC3CCC2C3)nnc1-c1ccccc1. The van der Waals surface area contributed by atoms with Gasteiger partial charge in [0, 0.05) is 18.2 Å². The maximum Gasteiger partial charge on any atom is 0.233 e. The molecule has 1 aromatic heterocycles. The van der Waals surface area contributed by atoms with Gasteiger partial charge < -0.3 is 5.32 Å². The summed E-state index contributed by atoms with van der Waals surface area (Å²) in [7, 11) is 0. The topological polar surface area (TPSA) is 59.8 Å². The maximum atomic E-state index is 12.9. The van der Waals surface area contributed by atoms with Crippen molar-refractivity contribution in [1.29, 1.82) is 0 Å². The number of thioether (sulfide) groups is 1. The van der Waals surface area contributed by atoms with E-state index in [1.807, 2.05) is 47.9 Å². The molecule has 5 nitrogen and oxygen atoms in total. The van der Waals surface area contributed by atoms with Gasteiger partial charge in [-0.15, -0.1) is 16.8 Å². The van der Waals surface area contributed by atoms with Gasteiger partial charge in [0.15, 0.2) is 11.0 Å². The Kier molecular flexibility index (Phi) is 6.09. The molecule has 2 bridgehead atoms. The normalized spacial score (nSPS) is 25.0. The van der Waals surface area contributed by atoms with Crippen LogP contribution in [0.4, 0.5) is 0 Å². The van der Waals surface area contributed by atoms with Crippen molar-refractivity contribution < 1.29 is 4.79 Å². The van der Waals surface area contributed by atoms with Gasteiger partial charge in [-0.05, 0) is 50.9 Å². The molecule has 1 amide bonds. The number of nitrogens with one attached hydrogen (secondary N) is 1. The van der Waals surface area contributed by atoms with Crippen LogP contribution >= 0.6 is 11.8 Å². The van der Waals surface area contributed by atoms with Crippen LogP contribution in [0.2, 0.25) is 0 Å². The van der Waals surface area contributed by atoms with E-state index in [1.165, 1.54) is 37.4 Å². The average molecular weight is 411 g/mol. The second kappa shape index (κ2) is 8.74. The van der Waals surface area contributed by atoms with Gasteiger partial charge in [-0.1, -0.05) is 54.6 Å². The molecule has 0 spiro atoms. The van der Waals surface area contributed by atoms with Crippen LogP contribution in [0.5, 0.6) is 0 Å². The lowest BCUT2D eigenvalue weighted by molar-refractivity contribution is -0.121. The van der Waals surface area contributed by atoms with Crippen LogP contribution in [0, 0.1) is 17.8 Å². The molecule has 1 N–H and O–H groups in total. The molecule has 2 saturated carbocycles. The fourth-order valence-electron chi connectivity index (χ4n) is 5.04. The van der Waals surface area contributed by atoms with Crippen LogP contribution in [0.25, 0.3) is 11.4 Å². The summed E-state index contributed by atoms with van der Waals surface area (Å²) >= 11 is 1.46. The summed E-state index contributed by atoms with van der Waals surface area (Å²) in [4.78, 5) is 12.9. The highest BCUT2D eigenvalue weighted by atomic mass is 32.2. The molecular weight excluding hydrogens is 380 g/mol. The Hall–Kier alpha value is -2.08. The molecule has 5 atom stereocenters. The van der Waals surface area contributed by atoms with E-state index in [0.29, 0.717) is 12.5 Å². The van der Waals surface area contributed by atoms with Crippen molar-refractivity contribution in [2.75, 3.05) is 0 Å². The molecule has 1 heterocycles. The average Bonchev–Trinajstić information content (AvgIpc) is 3.45. The van der Waals surface area contributed by atoms with Crippen molar-refractivity contribution in [3.63, 3.8) is 0 Å². The lowest BCUT2D eigenvalue weighted by Crippen LogP contribution is -2.43. The molecule has 5 unspecified atom stereocenters. The molecular formula is C23H30N4OS. The van der Waals surface area contributed by atoms with E-state index >= 15 is 0 Å². The Morgan fingerprint density at radius 1 is 1.28 bits per heavy atom. The second-order valence-corrected chi connectivity index (χ2v) is 9.78. The Morgan fingerprint density at radius 2 is 2.07 bits per heavy atom. The number of benzene rings is 1. The Labute approximate surface area is 177 Å². The number of carbonyl (C=O) groups excluding carboxylic acids is 1. The molecule has 6 heteroatoms. The highest BCUT2D eigenvalue weighted by molar-refractivity contribution is 8.00. The first-order valence-electron chi connectivity index (χ1n) is 10.6. The summed E-state index contributed by atoms with van der Waals surface area (Å²) < 4.78 is 2.02. The smallest absolute Gasteiger partial charge is 0.233 e. The van der Waals surface area contributed by atoms with Crippen LogP contribution in [-0.2, 0) is 11.3 Å². The molecule has 2 fully saturated rings. The number of hydrogen-bond donors (Lipinski definition) is 1. The van der Waals surface area contributed by atoms with Crippen LogP contribution in [-0.4, -0.2) is 32.0 Å². The van der Waals surface area contributed by atoms with Gasteiger partial charge in [0.05, 0.1) is 5.25 Å². The lowest BCUT2D eigenvalue weighted by Gasteiger charge is -2.29. The van der Waals surface area contributed by atoms with Crippen LogP contribution < -0.4 is 5.32 Å². The summed E-state index contributed by atoms with van der Waals surface area (Å²) in [5, 5.41) is 12.5. The number of rotatable bonds is 8. The van der Waals surface area contributed by atoms with Crippen LogP contribution in [0.1, 0.15) is 39.5 Å². The molecule has 2 aliphatic rings. The zero-order valence-electron chi connectivity index (χ0n) is 17.3. The summed E-state index contributed by atoms with van der Waals surface area (Å²) in [6, 6.07) is 10.2. The third-order valence-corrected chi connectivity index (χ3v) is 7.60. The number of nitrogens with zero attached hydrogens (tertiary/aromatic N) is 3. The molecule has 0 radical (unpaired) electrons. The van der Waals surface area contributed by atoms with Gasteiger partial charge in [-0.2, -0.15) is 0 Å². The summed E-state index contributed by atoms with van der Waals surface area (Å²) in [5.41, 5.74) is 1.01. The Morgan fingerprint density at radius 3 is 2.72 bits per heavy atom. The van der Waals surface area contributed by atoms with Gasteiger partial charge in [0.25, 0.3) is 0 Å². The Balaban J connectivity index is 1.42. The zero-order chi connectivity index (χ0) is 20.4. The Bertz CT molecular complexity index is 865. The zero-order valence-corrected chi connectivity index (χ0v) is 18.1. The third kappa shape index (κ3) is 4.27. The monoisotopic (exact) mass is 410 g/mol. The lowest BCUT2D eigenvalue weighted by atomic mass is 9.84. The van der Waals surface area contributed by atoms with E-state index in [9.17, 15) is 4.79 Å². The maximum absolute atomic E-state index is 12.9. The third-order valence-electron chi connectivity index (χ3n) is 6.52. The summed E-state index contributed by atoms with van der Waals surface area (Å²) in [5.74, 6) is 3.23. The number of aromatic nitrogens is 3. The highest BCUT2D eigenvalue weighted by Gasteiger charge is 2.42. The first kappa shape index (κ1) is 20.2. The van der Waals surface area contributed by atoms with Gasteiger partial charge in [-0.25, -0.2) is 0 Å². The fourth-order valence-corrected chi connectivity index (χ4v) is 5.90. The molecule has 2 aliphatic carbocycles. The van der Waals surface area contributed by atoms with Crippen molar-refractivity contribution in [1.82, 2.24) is 20.1 Å². The molecule has 0 aliphatic heterocycles. The quantitative estimate of drug-likeness (QED) is 0.512. The minimum absolute atomic E-state index is 0.0830. The van der Waals surface area contributed by atoms with Crippen molar-refractivity contribution in [3.05, 3.63) is 43.0 Å². The standard InChI is InChI=1S/C23H30N4OS/c1-4-12-27-21(18-8-6-5-7-9-18)25-26-23(27)29-16(3)22(28)24-15(2)20-14-17-10-11-19(20)13-17/h4-9,15-17,19-20H,1,10-14H2,2-3H3,(H,24,28). The van der Waals surface area contributed by atoms with E-state index in [-0.39, 0.29) is 17.2 Å². The van der Waals surface area contributed by atoms with E-state index in [2.05, 4.69) is 29.0 Å². The fraction of sp³-hybridized carbons (Fsp3) is 0.522. The van der Waals surface area contributed by atoms with Crippen LogP contribution in [0.3, 0.4) is 0 Å². The van der Waals surface area contributed by atoms with Crippen molar-refractivity contribution in [2.24, 2.45) is 17.8 Å². The van der Waals surface area contributed by atoms with Crippen LogP contribution in [0.15, 0.2) is 48.1 Å². The summed E-state index contributed by atoms with van der Waals surface area (Å²) in [6.45, 7) is 8.59. The molecule has 29 heavy (non-hydrogen) atoms. The predicted molar refractivity (Wildman–Crippen MR) is 118 cm³/mol. The van der Waals surface area contributed by atoms with Gasteiger partial charge in [0.1, 0.15) is 0 Å². The van der Waals surface area contributed by atoms with Gasteiger partial charge in [-0.3, -0.25) is 9.36 Å². The number of allylic oxidation sites excluding steroid dienone is 1. The van der Waals surface area contributed by atoms with E-state index in [4.69, 9.17) is 0 Å². The first-order chi connectivity index (χ1) is 14.1. The van der Waals surface area contributed by atoms with Gasteiger partial charge in [0.2, 0.25) is 5.91 Å².